The van der Waals surface area contributed by atoms with E-state index in [2.05, 4.69) is 25.6 Å². The number of carbonyl (C=O) groups is 1. The van der Waals surface area contributed by atoms with E-state index in [1.807, 2.05) is 57.2 Å². The molecular formula is C27H30N6O3. The summed E-state index contributed by atoms with van der Waals surface area (Å²) in [6.07, 6.45) is 7.44. The van der Waals surface area contributed by atoms with Crippen LogP contribution in [0.5, 0.6) is 5.88 Å². The van der Waals surface area contributed by atoms with Gasteiger partial charge in [0.1, 0.15) is 11.4 Å². The lowest BCUT2D eigenvalue weighted by molar-refractivity contribution is -0.140. The summed E-state index contributed by atoms with van der Waals surface area (Å²) in [5.74, 6) is 0.636. The first-order chi connectivity index (χ1) is 17.1. The summed E-state index contributed by atoms with van der Waals surface area (Å²) in [6, 6.07) is 11.4. The third-order valence-electron chi connectivity index (χ3n) is 5.91. The molecule has 186 valence electrons. The highest BCUT2D eigenvalue weighted by Gasteiger charge is 2.51. The van der Waals surface area contributed by atoms with Crippen molar-refractivity contribution >= 4 is 23.6 Å². The van der Waals surface area contributed by atoms with Crippen LogP contribution < -0.4 is 15.4 Å². The minimum Gasteiger partial charge on any atom is -0.481 e. The molecule has 0 bridgehead atoms. The third-order valence-corrected chi connectivity index (χ3v) is 5.91. The molecule has 0 atom stereocenters. The zero-order chi connectivity index (χ0) is 25.9. The maximum Gasteiger partial charge on any atom is 0.314 e. The van der Waals surface area contributed by atoms with Gasteiger partial charge < -0.3 is 25.9 Å². The van der Waals surface area contributed by atoms with Crippen LogP contribution in [0.2, 0.25) is 0 Å². The summed E-state index contributed by atoms with van der Waals surface area (Å²) in [5.41, 5.74) is 2.69. The number of pyridine rings is 1. The molecule has 3 aromatic rings. The molecule has 0 radical (unpaired) electrons. The molecule has 1 fully saturated rings. The van der Waals surface area contributed by atoms with Gasteiger partial charge in [-0.05, 0) is 50.8 Å². The first kappa shape index (κ1) is 24.8. The highest BCUT2D eigenvalue weighted by atomic mass is 16.5. The Bertz CT molecular complexity index is 1290. The highest BCUT2D eigenvalue weighted by molar-refractivity contribution is 6.09. The molecule has 0 amide bonds. The first-order valence-electron chi connectivity index (χ1n) is 11.7. The number of carboxylic acid groups (broad SMARTS) is 1. The van der Waals surface area contributed by atoms with E-state index in [0.717, 1.165) is 16.7 Å². The van der Waals surface area contributed by atoms with E-state index in [0.29, 0.717) is 41.6 Å². The van der Waals surface area contributed by atoms with Crippen LogP contribution in [0.3, 0.4) is 0 Å². The molecule has 0 unspecified atom stereocenters. The summed E-state index contributed by atoms with van der Waals surface area (Å²) in [4.78, 5) is 24.8. The topological polar surface area (TPSA) is 133 Å². The molecular weight excluding hydrogens is 456 g/mol. The van der Waals surface area contributed by atoms with Crippen LogP contribution in [0.25, 0.3) is 16.7 Å². The third kappa shape index (κ3) is 5.35. The number of hydrogen-bond acceptors (Lipinski definition) is 8. The fraction of sp³-hybridized carbons (Fsp3) is 0.296. The minimum atomic E-state index is -0.763. The van der Waals surface area contributed by atoms with Crippen molar-refractivity contribution in [3.8, 4) is 17.0 Å². The van der Waals surface area contributed by atoms with Crippen LogP contribution in [-0.4, -0.2) is 44.9 Å². The number of anilines is 1. The van der Waals surface area contributed by atoms with E-state index in [4.69, 9.17) is 10.1 Å². The van der Waals surface area contributed by atoms with Gasteiger partial charge >= 0.3 is 5.97 Å². The molecule has 1 saturated carbocycles. The summed E-state index contributed by atoms with van der Waals surface area (Å²) >= 11 is 0. The van der Waals surface area contributed by atoms with Gasteiger partial charge in [0, 0.05) is 25.0 Å². The molecule has 0 spiro atoms. The number of benzene rings is 1. The molecule has 4 rings (SSSR count). The van der Waals surface area contributed by atoms with Gasteiger partial charge in [-0.15, -0.1) is 0 Å². The molecule has 9 nitrogen and oxygen atoms in total. The molecule has 1 aliphatic carbocycles. The van der Waals surface area contributed by atoms with Gasteiger partial charge in [0.15, 0.2) is 5.82 Å². The molecule has 9 heteroatoms. The second kappa shape index (κ2) is 9.77. The van der Waals surface area contributed by atoms with Crippen molar-refractivity contribution in [2.24, 2.45) is 0 Å². The van der Waals surface area contributed by atoms with Gasteiger partial charge in [0.25, 0.3) is 0 Å². The fourth-order valence-corrected chi connectivity index (χ4v) is 3.89. The normalized spacial score (nSPS) is 14.9. The second-order valence-corrected chi connectivity index (χ2v) is 9.66. The van der Waals surface area contributed by atoms with Crippen molar-refractivity contribution in [3.05, 3.63) is 72.1 Å². The Morgan fingerprint density at radius 1 is 1.08 bits per heavy atom. The Kier molecular flexibility index (Phi) is 6.74. The van der Waals surface area contributed by atoms with Gasteiger partial charge in [-0.3, -0.25) is 14.8 Å². The molecule has 0 aliphatic heterocycles. The summed E-state index contributed by atoms with van der Waals surface area (Å²) in [6.45, 7) is 5.80. The lowest BCUT2D eigenvalue weighted by Crippen LogP contribution is -2.24. The van der Waals surface area contributed by atoms with Crippen LogP contribution in [0, 0.1) is 5.41 Å². The van der Waals surface area contributed by atoms with Crippen LogP contribution in [0.4, 0.5) is 5.82 Å². The maximum atomic E-state index is 11.6. The lowest BCUT2D eigenvalue weighted by atomic mass is 9.94. The molecule has 36 heavy (non-hydrogen) atoms. The van der Waals surface area contributed by atoms with Gasteiger partial charge in [-0.25, -0.2) is 0 Å². The standard InChI is InChI=1S/C27H30N6O3/c1-26(2,3)36-23-16-30-15-22(32-23)33-24(29-4)20(13-28)21-10-7-18(14-31-21)17-5-8-19(9-6-17)27(11-12-27)25(34)35/h5-10,13-16,28-29H,11-12H2,1-4H3,(H,32,33)(H,34,35)/b24-20-,28-13?. The molecule has 2 heterocycles. The predicted octanol–water partition coefficient (Wildman–Crippen LogP) is 4.48. The number of rotatable bonds is 9. The summed E-state index contributed by atoms with van der Waals surface area (Å²) in [5, 5.41) is 23.7. The van der Waals surface area contributed by atoms with Crippen molar-refractivity contribution in [2.75, 3.05) is 12.4 Å². The van der Waals surface area contributed by atoms with Gasteiger partial charge in [0.05, 0.1) is 29.1 Å². The van der Waals surface area contributed by atoms with Gasteiger partial charge in [-0.1, -0.05) is 30.3 Å². The van der Waals surface area contributed by atoms with E-state index < -0.39 is 17.0 Å². The average Bonchev–Trinajstić information content (AvgIpc) is 3.66. The quantitative estimate of drug-likeness (QED) is 0.325. The number of aromatic nitrogens is 3. The first-order valence-corrected chi connectivity index (χ1v) is 11.7. The largest absolute Gasteiger partial charge is 0.481 e. The van der Waals surface area contributed by atoms with E-state index in [-0.39, 0.29) is 0 Å². The fourth-order valence-electron chi connectivity index (χ4n) is 3.89. The SMILES string of the molecule is CN/C(Nc1cncc(OC(C)(C)C)n1)=C(\C=N)c1ccc(-c2ccc(C3(C(=O)O)CC3)cc2)cn1. The maximum absolute atomic E-state index is 11.6. The number of ether oxygens (including phenoxy) is 1. The Labute approximate surface area is 210 Å². The van der Waals surface area contributed by atoms with E-state index >= 15 is 0 Å². The predicted molar refractivity (Wildman–Crippen MR) is 139 cm³/mol. The van der Waals surface area contributed by atoms with E-state index in [1.54, 1.807) is 25.6 Å². The second-order valence-electron chi connectivity index (χ2n) is 9.66. The Balaban J connectivity index is 1.55. The minimum absolute atomic E-state index is 0.392. The van der Waals surface area contributed by atoms with Crippen molar-refractivity contribution in [1.82, 2.24) is 20.3 Å². The molecule has 1 aromatic carbocycles. The lowest BCUT2D eigenvalue weighted by Gasteiger charge is -2.20. The zero-order valence-electron chi connectivity index (χ0n) is 20.8. The van der Waals surface area contributed by atoms with Crippen LogP contribution >= 0.6 is 0 Å². The Morgan fingerprint density at radius 3 is 2.31 bits per heavy atom. The number of hydrogen-bond donors (Lipinski definition) is 4. The number of nitrogens with zero attached hydrogens (tertiary/aromatic N) is 3. The molecule has 4 N–H and O–H groups in total. The molecule has 0 saturated heterocycles. The number of aliphatic carboxylic acids is 1. The van der Waals surface area contributed by atoms with Crippen molar-refractivity contribution in [1.29, 1.82) is 5.41 Å². The van der Waals surface area contributed by atoms with E-state index in [9.17, 15) is 9.90 Å². The van der Waals surface area contributed by atoms with Gasteiger partial charge in [0.2, 0.25) is 5.88 Å². The van der Waals surface area contributed by atoms with Crippen LogP contribution in [-0.2, 0) is 10.2 Å². The van der Waals surface area contributed by atoms with Crippen molar-refractivity contribution in [2.45, 2.75) is 44.6 Å². The van der Waals surface area contributed by atoms with Crippen LogP contribution in [0.15, 0.2) is 60.8 Å². The average molecular weight is 487 g/mol. The number of allylic oxidation sites excluding steroid dienone is 1. The highest BCUT2D eigenvalue weighted by Crippen LogP contribution is 2.48. The van der Waals surface area contributed by atoms with Crippen molar-refractivity contribution < 1.29 is 14.6 Å². The number of carboxylic acids is 1. The molecule has 1 aliphatic rings. The van der Waals surface area contributed by atoms with E-state index in [1.165, 1.54) is 6.21 Å². The zero-order valence-corrected chi connectivity index (χ0v) is 20.8. The smallest absolute Gasteiger partial charge is 0.314 e. The number of nitrogens with one attached hydrogen (secondary N) is 3. The monoisotopic (exact) mass is 486 g/mol. The molecule has 2 aromatic heterocycles. The summed E-state index contributed by atoms with van der Waals surface area (Å²) in [7, 11) is 1.74. The van der Waals surface area contributed by atoms with Gasteiger partial charge in [-0.2, -0.15) is 4.98 Å². The Morgan fingerprint density at radius 2 is 1.78 bits per heavy atom. The summed E-state index contributed by atoms with van der Waals surface area (Å²) < 4.78 is 5.79. The van der Waals surface area contributed by atoms with Crippen molar-refractivity contribution in [3.63, 3.8) is 0 Å². The Hall–Kier alpha value is -4.27. The van der Waals surface area contributed by atoms with Crippen LogP contribution in [0.1, 0.15) is 44.9 Å².